The first-order chi connectivity index (χ1) is 9.70. The number of carbonyl (C=O) groups is 1. The van der Waals surface area contributed by atoms with Gasteiger partial charge in [-0.15, -0.1) is 11.3 Å². The number of hydrogen-bond acceptors (Lipinski definition) is 3. The van der Waals surface area contributed by atoms with Crippen LogP contribution in [0.4, 0.5) is 4.39 Å². The van der Waals surface area contributed by atoms with Crippen LogP contribution in [0.2, 0.25) is 0 Å². The van der Waals surface area contributed by atoms with Gasteiger partial charge in [0.1, 0.15) is 5.78 Å². The van der Waals surface area contributed by atoms with E-state index in [2.05, 4.69) is 6.07 Å². The van der Waals surface area contributed by atoms with Crippen LogP contribution in [0.1, 0.15) is 23.3 Å². The summed E-state index contributed by atoms with van der Waals surface area (Å²) in [6, 6.07) is 8.97. The predicted molar refractivity (Wildman–Crippen MR) is 78.9 cm³/mol. The number of rotatable bonds is 7. The number of methoxy groups -OCH3 is 1. The molecule has 0 atom stereocenters. The summed E-state index contributed by atoms with van der Waals surface area (Å²) in [5.41, 5.74) is 0.408. The molecule has 0 saturated carbocycles. The average Bonchev–Trinajstić information content (AvgIpc) is 2.94. The topological polar surface area (TPSA) is 26.3 Å². The molecule has 4 heteroatoms. The Balaban J connectivity index is 1.85. The van der Waals surface area contributed by atoms with Gasteiger partial charge >= 0.3 is 0 Å². The average molecular weight is 292 g/mol. The second-order valence-corrected chi connectivity index (χ2v) is 5.61. The van der Waals surface area contributed by atoms with Crippen molar-refractivity contribution in [2.75, 3.05) is 7.11 Å². The molecule has 1 heterocycles. The largest absolute Gasteiger partial charge is 0.494 e. The van der Waals surface area contributed by atoms with Gasteiger partial charge < -0.3 is 4.74 Å². The zero-order valence-electron chi connectivity index (χ0n) is 11.4. The number of halogens is 1. The fourth-order valence-electron chi connectivity index (χ4n) is 2.07. The van der Waals surface area contributed by atoms with Gasteiger partial charge in [-0.2, -0.15) is 0 Å². The minimum absolute atomic E-state index is 0.0636. The number of ether oxygens (including phenoxy) is 1. The van der Waals surface area contributed by atoms with Crippen molar-refractivity contribution in [3.63, 3.8) is 0 Å². The van der Waals surface area contributed by atoms with Crippen molar-refractivity contribution < 1.29 is 13.9 Å². The standard InChI is InChI=1S/C16H17FO2S/c1-19-15-9-2-5-12(16(15)17)11-13(18)6-3-7-14-8-4-10-20-14/h2,4-5,8-10H,3,6-7,11H2,1H3. The summed E-state index contributed by atoms with van der Waals surface area (Å²) in [5, 5.41) is 2.03. The first kappa shape index (κ1) is 14.7. The van der Waals surface area contributed by atoms with E-state index in [1.54, 1.807) is 29.5 Å². The molecule has 20 heavy (non-hydrogen) atoms. The number of Topliss-reactive ketones (excluding diaryl/α,β-unsaturated/α-hetero) is 1. The third-order valence-electron chi connectivity index (χ3n) is 3.11. The van der Waals surface area contributed by atoms with E-state index in [1.165, 1.54) is 12.0 Å². The number of benzene rings is 1. The van der Waals surface area contributed by atoms with Crippen LogP contribution < -0.4 is 4.74 Å². The summed E-state index contributed by atoms with van der Waals surface area (Å²) in [4.78, 5) is 13.2. The summed E-state index contributed by atoms with van der Waals surface area (Å²) < 4.78 is 18.8. The molecular weight excluding hydrogens is 275 g/mol. The van der Waals surface area contributed by atoms with Crippen molar-refractivity contribution in [2.45, 2.75) is 25.7 Å². The quantitative estimate of drug-likeness (QED) is 0.770. The predicted octanol–water partition coefficient (Wildman–Crippen LogP) is 4.03. The summed E-state index contributed by atoms with van der Waals surface area (Å²) in [6.07, 6.45) is 2.33. The highest BCUT2D eigenvalue weighted by Gasteiger charge is 2.12. The normalized spacial score (nSPS) is 10.5. The van der Waals surface area contributed by atoms with Gasteiger partial charge in [0.15, 0.2) is 11.6 Å². The van der Waals surface area contributed by atoms with E-state index in [0.29, 0.717) is 12.0 Å². The van der Waals surface area contributed by atoms with Gasteiger partial charge in [-0.3, -0.25) is 4.79 Å². The van der Waals surface area contributed by atoms with E-state index in [4.69, 9.17) is 4.74 Å². The molecule has 0 fully saturated rings. The first-order valence-electron chi connectivity index (χ1n) is 6.56. The third-order valence-corrected chi connectivity index (χ3v) is 4.05. The Morgan fingerprint density at radius 3 is 2.85 bits per heavy atom. The molecule has 1 aromatic carbocycles. The number of ketones is 1. The lowest BCUT2D eigenvalue weighted by Crippen LogP contribution is -2.05. The highest BCUT2D eigenvalue weighted by Crippen LogP contribution is 2.21. The first-order valence-corrected chi connectivity index (χ1v) is 7.44. The zero-order valence-corrected chi connectivity index (χ0v) is 12.2. The minimum atomic E-state index is -0.429. The molecule has 0 unspecified atom stereocenters. The van der Waals surface area contributed by atoms with Gasteiger partial charge in [0.2, 0.25) is 0 Å². The van der Waals surface area contributed by atoms with Crippen LogP contribution in [0.15, 0.2) is 35.7 Å². The van der Waals surface area contributed by atoms with E-state index in [9.17, 15) is 9.18 Å². The molecule has 106 valence electrons. The van der Waals surface area contributed by atoms with Crippen LogP contribution in [-0.2, 0) is 17.6 Å². The maximum absolute atomic E-state index is 13.9. The summed E-state index contributed by atoms with van der Waals surface area (Å²) >= 11 is 1.70. The highest BCUT2D eigenvalue weighted by molar-refractivity contribution is 7.09. The lowest BCUT2D eigenvalue weighted by molar-refractivity contribution is -0.118. The molecule has 0 aliphatic carbocycles. The molecule has 0 amide bonds. The Morgan fingerprint density at radius 1 is 1.30 bits per heavy atom. The molecule has 0 bridgehead atoms. The number of aryl methyl sites for hydroxylation is 1. The Morgan fingerprint density at radius 2 is 2.15 bits per heavy atom. The van der Waals surface area contributed by atoms with Crippen molar-refractivity contribution in [2.24, 2.45) is 0 Å². The van der Waals surface area contributed by atoms with Gasteiger partial charge in [-0.1, -0.05) is 18.2 Å². The second kappa shape index (κ2) is 7.20. The molecule has 2 aromatic rings. The maximum Gasteiger partial charge on any atom is 0.168 e. The number of carbonyl (C=O) groups excluding carboxylic acids is 1. The Bertz CT molecular complexity index is 564. The van der Waals surface area contributed by atoms with Crippen molar-refractivity contribution in [1.82, 2.24) is 0 Å². The Kier molecular flexibility index (Phi) is 5.30. The van der Waals surface area contributed by atoms with Crippen LogP contribution in [0.25, 0.3) is 0 Å². The number of thiophene rings is 1. The number of hydrogen-bond donors (Lipinski definition) is 0. The van der Waals surface area contributed by atoms with Gasteiger partial charge in [0.05, 0.1) is 7.11 Å². The molecule has 2 nitrogen and oxygen atoms in total. The van der Waals surface area contributed by atoms with Gasteiger partial charge in [-0.25, -0.2) is 4.39 Å². The lowest BCUT2D eigenvalue weighted by Gasteiger charge is -2.06. The van der Waals surface area contributed by atoms with E-state index < -0.39 is 5.82 Å². The third kappa shape index (κ3) is 3.90. The molecule has 0 N–H and O–H groups in total. The van der Waals surface area contributed by atoms with Gasteiger partial charge in [-0.05, 0) is 35.9 Å². The Hall–Kier alpha value is -1.68. The molecule has 2 rings (SSSR count). The van der Waals surface area contributed by atoms with E-state index in [0.717, 1.165) is 12.8 Å². The molecule has 0 radical (unpaired) electrons. The van der Waals surface area contributed by atoms with Crippen LogP contribution in [-0.4, -0.2) is 12.9 Å². The van der Waals surface area contributed by atoms with E-state index in [1.807, 2.05) is 11.4 Å². The monoisotopic (exact) mass is 292 g/mol. The smallest absolute Gasteiger partial charge is 0.168 e. The molecule has 0 spiro atoms. The Labute approximate surface area is 122 Å². The van der Waals surface area contributed by atoms with Crippen molar-refractivity contribution >= 4 is 17.1 Å². The molecule has 0 aliphatic heterocycles. The van der Waals surface area contributed by atoms with Crippen LogP contribution in [0.5, 0.6) is 5.75 Å². The fraction of sp³-hybridized carbons (Fsp3) is 0.312. The maximum atomic E-state index is 13.9. The summed E-state index contributed by atoms with van der Waals surface area (Å²) in [6.45, 7) is 0. The van der Waals surface area contributed by atoms with Crippen LogP contribution >= 0.6 is 11.3 Å². The highest BCUT2D eigenvalue weighted by atomic mass is 32.1. The van der Waals surface area contributed by atoms with Crippen LogP contribution in [0, 0.1) is 5.82 Å². The van der Waals surface area contributed by atoms with Gasteiger partial charge in [0.25, 0.3) is 0 Å². The van der Waals surface area contributed by atoms with Gasteiger partial charge in [0, 0.05) is 17.7 Å². The molecule has 0 aliphatic rings. The van der Waals surface area contributed by atoms with Crippen molar-refractivity contribution in [1.29, 1.82) is 0 Å². The van der Waals surface area contributed by atoms with E-state index in [-0.39, 0.29) is 18.0 Å². The molecule has 1 aromatic heterocycles. The zero-order chi connectivity index (χ0) is 14.4. The van der Waals surface area contributed by atoms with Crippen LogP contribution in [0.3, 0.4) is 0 Å². The second-order valence-electron chi connectivity index (χ2n) is 4.58. The van der Waals surface area contributed by atoms with E-state index >= 15 is 0 Å². The molecular formula is C16H17FO2S. The fourth-order valence-corrected chi connectivity index (χ4v) is 2.82. The lowest BCUT2D eigenvalue weighted by atomic mass is 10.0. The summed E-state index contributed by atoms with van der Waals surface area (Å²) in [7, 11) is 1.42. The molecule has 0 saturated heterocycles. The van der Waals surface area contributed by atoms with Crippen molar-refractivity contribution in [3.05, 3.63) is 52.0 Å². The minimum Gasteiger partial charge on any atom is -0.494 e. The summed E-state index contributed by atoms with van der Waals surface area (Å²) in [5.74, 6) is -0.177. The SMILES string of the molecule is COc1cccc(CC(=O)CCCc2cccs2)c1F. The van der Waals surface area contributed by atoms with Crippen molar-refractivity contribution in [3.8, 4) is 5.75 Å².